The summed E-state index contributed by atoms with van der Waals surface area (Å²) >= 11 is 0. The van der Waals surface area contributed by atoms with Gasteiger partial charge in [-0.15, -0.1) is 0 Å². The van der Waals surface area contributed by atoms with Gasteiger partial charge in [0.25, 0.3) is 0 Å². The molecular weight excluding hydrogens is 240 g/mol. The van der Waals surface area contributed by atoms with Crippen LogP contribution < -0.4 is 5.32 Å². The highest BCUT2D eigenvalue weighted by molar-refractivity contribution is 5.28. The molecule has 110 valence electrons. The Labute approximate surface area is 117 Å². The number of nitrogens with one attached hydrogen (secondary N) is 1. The molecule has 0 spiro atoms. The number of hydrogen-bond donors (Lipinski definition) is 1. The third-order valence-electron chi connectivity index (χ3n) is 3.46. The molecule has 1 heterocycles. The molecule has 1 atom stereocenters. The Morgan fingerprint density at radius 3 is 2.53 bits per heavy atom. The first kappa shape index (κ1) is 16.2. The van der Waals surface area contributed by atoms with Crippen LogP contribution in [-0.4, -0.2) is 58.0 Å². The average molecular weight is 268 g/mol. The Balaban J connectivity index is 2.79. The fourth-order valence-electron chi connectivity index (χ4n) is 2.35. The maximum absolute atomic E-state index is 5.29. The van der Waals surface area contributed by atoms with Crippen LogP contribution in [0.15, 0.2) is 22.9 Å². The second-order valence-corrected chi connectivity index (χ2v) is 5.26. The fourth-order valence-corrected chi connectivity index (χ4v) is 2.35. The largest absolute Gasteiger partial charge is 0.380 e. The van der Waals surface area contributed by atoms with Crippen LogP contribution in [0.3, 0.4) is 0 Å². The molecule has 0 saturated carbocycles. The van der Waals surface area contributed by atoms with Gasteiger partial charge in [-0.2, -0.15) is 0 Å². The summed E-state index contributed by atoms with van der Waals surface area (Å²) in [6, 6.07) is 0.548. The average Bonchev–Trinajstić information content (AvgIpc) is 2.38. The summed E-state index contributed by atoms with van der Waals surface area (Å²) in [5, 5.41) is 3.46. The molecule has 0 radical (unpaired) electrons. The maximum atomic E-state index is 5.29. The van der Waals surface area contributed by atoms with Gasteiger partial charge in [0.05, 0.1) is 13.2 Å². The smallest absolute Gasteiger partial charge is 0.0714 e. The zero-order chi connectivity index (χ0) is 14.3. The molecule has 1 saturated heterocycles. The van der Waals surface area contributed by atoms with Gasteiger partial charge in [-0.05, 0) is 38.0 Å². The van der Waals surface area contributed by atoms with E-state index in [1.54, 1.807) is 14.2 Å². The highest BCUT2D eigenvalue weighted by atomic mass is 16.5. The van der Waals surface area contributed by atoms with Crippen molar-refractivity contribution in [3.63, 3.8) is 0 Å². The molecule has 0 aromatic rings. The first-order valence-electron chi connectivity index (χ1n) is 6.91. The third kappa shape index (κ3) is 5.35. The van der Waals surface area contributed by atoms with Crippen molar-refractivity contribution < 1.29 is 9.47 Å². The lowest BCUT2D eigenvalue weighted by atomic mass is 10.1. The summed E-state index contributed by atoms with van der Waals surface area (Å²) < 4.78 is 10.5. The molecule has 4 nitrogen and oxygen atoms in total. The van der Waals surface area contributed by atoms with E-state index in [1.165, 1.54) is 16.8 Å². The molecule has 0 aromatic heterocycles. The Morgan fingerprint density at radius 1 is 1.26 bits per heavy atom. The van der Waals surface area contributed by atoms with Crippen molar-refractivity contribution in [3.05, 3.63) is 22.9 Å². The van der Waals surface area contributed by atoms with Crippen molar-refractivity contribution in [2.45, 2.75) is 26.8 Å². The second kappa shape index (κ2) is 8.35. The molecule has 1 rings (SSSR count). The number of piperazine rings is 1. The standard InChI is InChI=1S/C15H28N2O2/c1-12(10-18-4)15(11-19-5)8-14(3)17-7-6-16-13(2)9-17/h8,13,16H,6-7,9-11H2,1-5H3/b14-8+,15-12-. The van der Waals surface area contributed by atoms with E-state index in [1.807, 2.05) is 0 Å². The van der Waals surface area contributed by atoms with Gasteiger partial charge in [-0.3, -0.25) is 0 Å². The van der Waals surface area contributed by atoms with Crippen LogP contribution in [0.4, 0.5) is 0 Å². The number of nitrogens with zero attached hydrogens (tertiary/aromatic N) is 1. The lowest BCUT2D eigenvalue weighted by Crippen LogP contribution is -2.48. The van der Waals surface area contributed by atoms with Crippen molar-refractivity contribution in [3.8, 4) is 0 Å². The summed E-state index contributed by atoms with van der Waals surface area (Å²) in [6.07, 6.45) is 2.23. The summed E-state index contributed by atoms with van der Waals surface area (Å²) in [5.74, 6) is 0. The summed E-state index contributed by atoms with van der Waals surface area (Å²) in [6.45, 7) is 11.0. The number of allylic oxidation sites excluding steroid dienone is 1. The summed E-state index contributed by atoms with van der Waals surface area (Å²) in [5.41, 5.74) is 3.75. The monoisotopic (exact) mass is 268 g/mol. The van der Waals surface area contributed by atoms with Gasteiger partial charge in [0, 0.05) is 45.6 Å². The van der Waals surface area contributed by atoms with E-state index in [-0.39, 0.29) is 0 Å². The first-order chi connectivity index (χ1) is 9.08. The Hall–Kier alpha value is -0.840. The van der Waals surface area contributed by atoms with E-state index in [4.69, 9.17) is 9.47 Å². The van der Waals surface area contributed by atoms with Crippen LogP contribution >= 0.6 is 0 Å². The molecule has 1 aliphatic heterocycles. The normalized spacial score (nSPS) is 22.5. The highest BCUT2D eigenvalue weighted by Crippen LogP contribution is 2.14. The van der Waals surface area contributed by atoms with Crippen LogP contribution in [0.5, 0.6) is 0 Å². The number of rotatable bonds is 6. The van der Waals surface area contributed by atoms with Gasteiger partial charge < -0.3 is 19.7 Å². The zero-order valence-electron chi connectivity index (χ0n) is 13.0. The quantitative estimate of drug-likeness (QED) is 0.745. The minimum Gasteiger partial charge on any atom is -0.380 e. The number of ether oxygens (including phenoxy) is 2. The van der Waals surface area contributed by atoms with Crippen molar-refractivity contribution in [2.75, 3.05) is 47.1 Å². The van der Waals surface area contributed by atoms with Crippen molar-refractivity contribution >= 4 is 0 Å². The molecular formula is C15H28N2O2. The Bertz CT molecular complexity index is 337. The topological polar surface area (TPSA) is 33.7 Å². The Kier molecular flexibility index (Phi) is 7.13. The third-order valence-corrected chi connectivity index (χ3v) is 3.46. The minimum atomic E-state index is 0.548. The van der Waals surface area contributed by atoms with Crippen LogP contribution in [0.1, 0.15) is 20.8 Å². The minimum absolute atomic E-state index is 0.548. The highest BCUT2D eigenvalue weighted by Gasteiger charge is 2.15. The first-order valence-corrected chi connectivity index (χ1v) is 6.91. The molecule has 1 N–H and O–H groups in total. The van der Waals surface area contributed by atoms with Gasteiger partial charge >= 0.3 is 0 Å². The summed E-state index contributed by atoms with van der Waals surface area (Å²) in [4.78, 5) is 2.43. The van der Waals surface area contributed by atoms with E-state index < -0.39 is 0 Å². The predicted octanol–water partition coefficient (Wildman–Crippen LogP) is 1.79. The predicted molar refractivity (Wildman–Crippen MR) is 79.2 cm³/mol. The van der Waals surface area contributed by atoms with Gasteiger partial charge in [-0.1, -0.05) is 0 Å². The summed E-state index contributed by atoms with van der Waals surface area (Å²) in [7, 11) is 3.46. The molecule has 1 unspecified atom stereocenters. The molecule has 0 aliphatic carbocycles. The van der Waals surface area contributed by atoms with E-state index >= 15 is 0 Å². The van der Waals surface area contributed by atoms with E-state index in [0.717, 1.165) is 19.6 Å². The molecule has 0 aromatic carbocycles. The molecule has 4 heteroatoms. The fraction of sp³-hybridized carbons (Fsp3) is 0.733. The van der Waals surface area contributed by atoms with Gasteiger partial charge in [0.1, 0.15) is 0 Å². The zero-order valence-corrected chi connectivity index (χ0v) is 13.0. The molecule has 0 bridgehead atoms. The van der Waals surface area contributed by atoms with E-state index in [9.17, 15) is 0 Å². The molecule has 0 amide bonds. The van der Waals surface area contributed by atoms with Crippen molar-refractivity contribution in [1.29, 1.82) is 0 Å². The molecule has 1 aliphatic rings. The molecule has 19 heavy (non-hydrogen) atoms. The van der Waals surface area contributed by atoms with Gasteiger partial charge in [0.15, 0.2) is 0 Å². The molecule has 1 fully saturated rings. The number of hydrogen-bond acceptors (Lipinski definition) is 4. The van der Waals surface area contributed by atoms with Crippen molar-refractivity contribution in [1.82, 2.24) is 10.2 Å². The van der Waals surface area contributed by atoms with Crippen molar-refractivity contribution in [2.24, 2.45) is 0 Å². The van der Waals surface area contributed by atoms with Gasteiger partial charge in [0.2, 0.25) is 0 Å². The second-order valence-electron chi connectivity index (χ2n) is 5.26. The lowest BCUT2D eigenvalue weighted by Gasteiger charge is -2.34. The van der Waals surface area contributed by atoms with Gasteiger partial charge in [-0.25, -0.2) is 0 Å². The number of methoxy groups -OCH3 is 2. The lowest BCUT2D eigenvalue weighted by molar-refractivity contribution is 0.212. The van der Waals surface area contributed by atoms with E-state index in [2.05, 4.69) is 37.1 Å². The van der Waals surface area contributed by atoms with Crippen LogP contribution in [-0.2, 0) is 9.47 Å². The van der Waals surface area contributed by atoms with Crippen LogP contribution in [0.2, 0.25) is 0 Å². The van der Waals surface area contributed by atoms with Crippen LogP contribution in [0, 0.1) is 0 Å². The Morgan fingerprint density at radius 2 is 1.95 bits per heavy atom. The van der Waals surface area contributed by atoms with Crippen LogP contribution in [0.25, 0.3) is 0 Å². The SMILES string of the molecule is COC/C(C)=C(/C=C(\C)N1CCNC(C)C1)COC. The maximum Gasteiger partial charge on any atom is 0.0714 e. The van der Waals surface area contributed by atoms with E-state index in [0.29, 0.717) is 19.3 Å².